The zero-order chi connectivity index (χ0) is 17.8. The van der Waals surface area contributed by atoms with Gasteiger partial charge in [-0.2, -0.15) is 0 Å². The lowest BCUT2D eigenvalue weighted by molar-refractivity contribution is 0.0949. The van der Waals surface area contributed by atoms with Crippen molar-refractivity contribution >= 4 is 11.7 Å². The van der Waals surface area contributed by atoms with E-state index >= 15 is 0 Å². The van der Waals surface area contributed by atoms with E-state index in [1.54, 1.807) is 6.20 Å². The summed E-state index contributed by atoms with van der Waals surface area (Å²) in [6.07, 6.45) is 9.07. The molecule has 4 nitrogen and oxygen atoms in total. The van der Waals surface area contributed by atoms with E-state index in [1.807, 2.05) is 18.2 Å². The number of hydrogen-bond acceptors (Lipinski definition) is 3. The van der Waals surface area contributed by atoms with Crippen LogP contribution in [0.5, 0.6) is 0 Å². The number of pyridine rings is 1. The summed E-state index contributed by atoms with van der Waals surface area (Å²) in [5.41, 5.74) is 2.11. The van der Waals surface area contributed by atoms with Gasteiger partial charge in [0.1, 0.15) is 5.82 Å². The summed E-state index contributed by atoms with van der Waals surface area (Å²) in [4.78, 5) is 19.4. The van der Waals surface area contributed by atoms with Crippen LogP contribution < -0.4 is 10.2 Å². The third-order valence-electron chi connectivity index (χ3n) is 5.77. The van der Waals surface area contributed by atoms with Crippen molar-refractivity contribution in [2.24, 2.45) is 0 Å². The minimum atomic E-state index is -0.0258. The topological polar surface area (TPSA) is 45.2 Å². The fourth-order valence-electron chi connectivity index (χ4n) is 3.87. The predicted octanol–water partition coefficient (Wildman–Crippen LogP) is 3.92. The van der Waals surface area contributed by atoms with Crippen LogP contribution in [0, 0.1) is 0 Å². The number of anilines is 1. The maximum Gasteiger partial charge on any atom is 0.252 e. The van der Waals surface area contributed by atoms with Gasteiger partial charge in [-0.3, -0.25) is 4.79 Å². The Bertz CT molecular complexity index is 730. The molecular formula is C22H27N3O. The molecule has 1 aromatic heterocycles. The van der Waals surface area contributed by atoms with Gasteiger partial charge < -0.3 is 10.2 Å². The number of nitrogens with one attached hydrogen (secondary N) is 1. The molecule has 0 bridgehead atoms. The lowest BCUT2D eigenvalue weighted by Gasteiger charge is -2.21. The number of benzene rings is 1. The van der Waals surface area contributed by atoms with E-state index in [0.717, 1.165) is 31.7 Å². The van der Waals surface area contributed by atoms with Crippen LogP contribution in [0.1, 0.15) is 54.4 Å². The van der Waals surface area contributed by atoms with Gasteiger partial charge in [0.25, 0.3) is 5.91 Å². The first-order valence-electron chi connectivity index (χ1n) is 9.82. The molecule has 1 aliphatic heterocycles. The Morgan fingerprint density at radius 3 is 2.35 bits per heavy atom. The van der Waals surface area contributed by atoms with Crippen LogP contribution in [0.2, 0.25) is 0 Å². The second-order valence-corrected chi connectivity index (χ2v) is 7.64. The normalized spacial score (nSPS) is 18.8. The van der Waals surface area contributed by atoms with Crippen LogP contribution in [0.25, 0.3) is 0 Å². The zero-order valence-electron chi connectivity index (χ0n) is 15.3. The van der Waals surface area contributed by atoms with Crippen molar-refractivity contribution in [2.45, 2.75) is 43.9 Å². The van der Waals surface area contributed by atoms with E-state index in [-0.39, 0.29) is 11.3 Å². The number of carbonyl (C=O) groups is 1. The molecule has 0 unspecified atom stereocenters. The van der Waals surface area contributed by atoms with Crippen LogP contribution >= 0.6 is 0 Å². The van der Waals surface area contributed by atoms with E-state index < -0.39 is 0 Å². The summed E-state index contributed by atoms with van der Waals surface area (Å²) in [5, 5.41) is 3.12. The largest absolute Gasteiger partial charge is 0.357 e. The van der Waals surface area contributed by atoms with Gasteiger partial charge >= 0.3 is 0 Å². The van der Waals surface area contributed by atoms with E-state index in [4.69, 9.17) is 0 Å². The Kier molecular flexibility index (Phi) is 4.91. The number of amides is 1. The summed E-state index contributed by atoms with van der Waals surface area (Å²) in [5.74, 6) is 0.966. The molecule has 2 aromatic rings. The van der Waals surface area contributed by atoms with Crippen molar-refractivity contribution in [2.75, 3.05) is 24.5 Å². The van der Waals surface area contributed by atoms with Gasteiger partial charge in [0.05, 0.1) is 5.56 Å². The minimum Gasteiger partial charge on any atom is -0.357 e. The van der Waals surface area contributed by atoms with Gasteiger partial charge in [-0.25, -0.2) is 4.98 Å². The van der Waals surface area contributed by atoms with Crippen molar-refractivity contribution in [3.05, 3.63) is 59.8 Å². The molecule has 0 radical (unpaired) electrons. The van der Waals surface area contributed by atoms with E-state index in [0.29, 0.717) is 12.1 Å². The summed E-state index contributed by atoms with van der Waals surface area (Å²) >= 11 is 0. The molecule has 2 heterocycles. The van der Waals surface area contributed by atoms with E-state index in [1.165, 1.54) is 31.2 Å². The van der Waals surface area contributed by atoms with Crippen LogP contribution in [0.15, 0.2) is 48.7 Å². The zero-order valence-corrected chi connectivity index (χ0v) is 15.3. The van der Waals surface area contributed by atoms with E-state index in [2.05, 4.69) is 39.5 Å². The SMILES string of the molecule is O=C(NCC1(c2ccccc2)CC1)c1ccc(N2CCCCCC2)nc1. The molecule has 4 rings (SSSR count). The summed E-state index contributed by atoms with van der Waals surface area (Å²) in [6.45, 7) is 2.83. The van der Waals surface area contributed by atoms with Gasteiger partial charge in [-0.1, -0.05) is 43.2 Å². The second-order valence-electron chi connectivity index (χ2n) is 7.64. The van der Waals surface area contributed by atoms with Crippen LogP contribution in [-0.2, 0) is 5.41 Å². The van der Waals surface area contributed by atoms with Crippen molar-refractivity contribution in [1.82, 2.24) is 10.3 Å². The highest BCUT2D eigenvalue weighted by Crippen LogP contribution is 2.47. The van der Waals surface area contributed by atoms with Crippen molar-refractivity contribution in [1.29, 1.82) is 0 Å². The van der Waals surface area contributed by atoms with Crippen molar-refractivity contribution in [3.63, 3.8) is 0 Å². The third kappa shape index (κ3) is 3.74. The van der Waals surface area contributed by atoms with Gasteiger partial charge in [-0.05, 0) is 43.4 Å². The molecule has 1 aliphatic carbocycles. The highest BCUT2D eigenvalue weighted by Gasteiger charge is 2.44. The Labute approximate surface area is 155 Å². The predicted molar refractivity (Wildman–Crippen MR) is 105 cm³/mol. The Balaban J connectivity index is 1.36. The van der Waals surface area contributed by atoms with Crippen LogP contribution in [-0.4, -0.2) is 30.5 Å². The minimum absolute atomic E-state index is 0.0258. The molecule has 1 N–H and O–H groups in total. The van der Waals surface area contributed by atoms with E-state index in [9.17, 15) is 4.79 Å². The molecule has 26 heavy (non-hydrogen) atoms. The molecule has 1 saturated carbocycles. The van der Waals surface area contributed by atoms with Crippen molar-refractivity contribution in [3.8, 4) is 0 Å². The van der Waals surface area contributed by atoms with Crippen LogP contribution in [0.3, 0.4) is 0 Å². The second kappa shape index (κ2) is 7.48. The first-order valence-corrected chi connectivity index (χ1v) is 9.82. The Morgan fingerprint density at radius 2 is 1.73 bits per heavy atom. The third-order valence-corrected chi connectivity index (χ3v) is 5.77. The number of aromatic nitrogens is 1. The lowest BCUT2D eigenvalue weighted by atomic mass is 9.96. The molecule has 0 atom stereocenters. The number of rotatable bonds is 5. The fraction of sp³-hybridized carbons (Fsp3) is 0.455. The molecule has 1 aromatic carbocycles. The standard InChI is InChI=1S/C22H27N3O/c26-21(24-17-22(12-13-22)19-8-4-3-5-9-19)18-10-11-20(23-16-18)25-14-6-1-2-7-15-25/h3-5,8-11,16H,1-2,6-7,12-15,17H2,(H,24,26). The molecular weight excluding hydrogens is 322 g/mol. The average molecular weight is 349 g/mol. The summed E-state index contributed by atoms with van der Waals surface area (Å²) < 4.78 is 0. The molecule has 136 valence electrons. The number of hydrogen-bond donors (Lipinski definition) is 1. The molecule has 0 spiro atoms. The molecule has 2 fully saturated rings. The van der Waals surface area contributed by atoms with Gasteiger partial charge in [0, 0.05) is 31.2 Å². The fourth-order valence-corrected chi connectivity index (χ4v) is 3.87. The van der Waals surface area contributed by atoms with Crippen LogP contribution in [0.4, 0.5) is 5.82 Å². The molecule has 2 aliphatic rings. The maximum atomic E-state index is 12.5. The highest BCUT2D eigenvalue weighted by atomic mass is 16.1. The first-order chi connectivity index (χ1) is 12.8. The highest BCUT2D eigenvalue weighted by molar-refractivity contribution is 5.94. The molecule has 1 amide bonds. The monoisotopic (exact) mass is 349 g/mol. The molecule has 4 heteroatoms. The summed E-state index contributed by atoms with van der Waals surface area (Å²) in [6, 6.07) is 14.4. The number of carbonyl (C=O) groups excluding carboxylic acids is 1. The lowest BCUT2D eigenvalue weighted by Crippen LogP contribution is -2.32. The Hall–Kier alpha value is -2.36. The Morgan fingerprint density at radius 1 is 1.00 bits per heavy atom. The molecule has 1 saturated heterocycles. The number of nitrogens with zero attached hydrogens (tertiary/aromatic N) is 2. The van der Waals surface area contributed by atoms with Gasteiger partial charge in [0.2, 0.25) is 0 Å². The summed E-state index contributed by atoms with van der Waals surface area (Å²) in [7, 11) is 0. The quantitative estimate of drug-likeness (QED) is 0.890. The smallest absolute Gasteiger partial charge is 0.252 e. The maximum absolute atomic E-state index is 12.5. The average Bonchev–Trinajstić information content (AvgIpc) is 3.52. The van der Waals surface area contributed by atoms with Gasteiger partial charge in [0.15, 0.2) is 0 Å². The van der Waals surface area contributed by atoms with Gasteiger partial charge in [-0.15, -0.1) is 0 Å². The first kappa shape index (κ1) is 17.1. The van der Waals surface area contributed by atoms with Crippen molar-refractivity contribution < 1.29 is 4.79 Å².